The van der Waals surface area contributed by atoms with E-state index in [9.17, 15) is 4.79 Å². The highest BCUT2D eigenvalue weighted by molar-refractivity contribution is 5.94. The molecule has 0 bridgehead atoms. The number of fused-ring (bicyclic) bond motifs is 1. The highest BCUT2D eigenvalue weighted by Gasteiger charge is 2.28. The summed E-state index contributed by atoms with van der Waals surface area (Å²) < 4.78 is 0. The predicted molar refractivity (Wildman–Crippen MR) is 77.4 cm³/mol. The lowest BCUT2D eigenvalue weighted by Crippen LogP contribution is -2.37. The first kappa shape index (κ1) is 12.7. The largest absolute Gasteiger partial charge is 0.316 e. The molecule has 1 N–H and O–H groups in total. The average Bonchev–Trinajstić information content (AvgIpc) is 2.92. The standard InChI is InChI=1S/C16H22N2O/c1-12-7-9-18(15-5-3-2-4-14(12)15)16(19)10-13-6-8-17-11-13/h2-5,12-13,17H,6-11H2,1H3. The molecule has 2 unspecified atom stereocenters. The molecule has 0 spiro atoms. The molecular formula is C16H22N2O. The highest BCUT2D eigenvalue weighted by Crippen LogP contribution is 2.35. The van der Waals surface area contributed by atoms with Crippen LogP contribution in [0.1, 0.15) is 37.7 Å². The van der Waals surface area contributed by atoms with Crippen LogP contribution in [0, 0.1) is 5.92 Å². The van der Waals surface area contributed by atoms with E-state index in [-0.39, 0.29) is 0 Å². The van der Waals surface area contributed by atoms with Gasteiger partial charge in [-0.05, 0) is 49.4 Å². The van der Waals surface area contributed by atoms with Crippen LogP contribution in [0.4, 0.5) is 5.69 Å². The van der Waals surface area contributed by atoms with Gasteiger partial charge in [-0.25, -0.2) is 0 Å². The van der Waals surface area contributed by atoms with Crippen molar-refractivity contribution in [3.63, 3.8) is 0 Å². The van der Waals surface area contributed by atoms with Gasteiger partial charge in [0.2, 0.25) is 5.91 Å². The van der Waals surface area contributed by atoms with Gasteiger partial charge in [-0.15, -0.1) is 0 Å². The van der Waals surface area contributed by atoms with E-state index in [4.69, 9.17) is 0 Å². The van der Waals surface area contributed by atoms with Gasteiger partial charge >= 0.3 is 0 Å². The Labute approximate surface area is 115 Å². The topological polar surface area (TPSA) is 32.3 Å². The van der Waals surface area contributed by atoms with Crippen LogP contribution in [0.2, 0.25) is 0 Å². The summed E-state index contributed by atoms with van der Waals surface area (Å²) in [4.78, 5) is 14.5. The van der Waals surface area contributed by atoms with E-state index in [0.717, 1.165) is 38.2 Å². The Hall–Kier alpha value is -1.35. The molecule has 1 saturated heterocycles. The summed E-state index contributed by atoms with van der Waals surface area (Å²) in [6.07, 6.45) is 2.90. The van der Waals surface area contributed by atoms with Gasteiger partial charge in [-0.3, -0.25) is 4.79 Å². The van der Waals surface area contributed by atoms with Crippen molar-refractivity contribution < 1.29 is 4.79 Å². The molecule has 102 valence electrons. The van der Waals surface area contributed by atoms with Crippen molar-refractivity contribution in [3.8, 4) is 0 Å². The fourth-order valence-corrected chi connectivity index (χ4v) is 3.25. The first-order valence-corrected chi connectivity index (χ1v) is 7.35. The van der Waals surface area contributed by atoms with Gasteiger partial charge in [0.25, 0.3) is 0 Å². The summed E-state index contributed by atoms with van der Waals surface area (Å²) in [6, 6.07) is 8.37. The fourth-order valence-electron chi connectivity index (χ4n) is 3.25. The van der Waals surface area contributed by atoms with E-state index >= 15 is 0 Å². The molecule has 2 aliphatic rings. The number of nitrogens with one attached hydrogen (secondary N) is 1. The van der Waals surface area contributed by atoms with Gasteiger partial charge in [0, 0.05) is 18.7 Å². The molecule has 1 aromatic carbocycles. The van der Waals surface area contributed by atoms with Crippen molar-refractivity contribution in [2.45, 2.75) is 32.1 Å². The Morgan fingerprint density at radius 3 is 3.00 bits per heavy atom. The molecule has 1 amide bonds. The van der Waals surface area contributed by atoms with Gasteiger partial charge < -0.3 is 10.2 Å². The monoisotopic (exact) mass is 258 g/mol. The van der Waals surface area contributed by atoms with Crippen LogP contribution in [0.5, 0.6) is 0 Å². The molecule has 3 rings (SSSR count). The Morgan fingerprint density at radius 1 is 1.37 bits per heavy atom. The molecule has 0 saturated carbocycles. The third kappa shape index (κ3) is 2.52. The zero-order valence-corrected chi connectivity index (χ0v) is 11.6. The van der Waals surface area contributed by atoms with Crippen LogP contribution >= 0.6 is 0 Å². The molecule has 3 nitrogen and oxygen atoms in total. The summed E-state index contributed by atoms with van der Waals surface area (Å²) in [6.45, 7) is 5.18. The number of hydrogen-bond donors (Lipinski definition) is 1. The Bertz CT molecular complexity index is 466. The van der Waals surface area contributed by atoms with E-state index in [1.807, 2.05) is 11.0 Å². The van der Waals surface area contributed by atoms with Crippen LogP contribution in [0.15, 0.2) is 24.3 Å². The zero-order chi connectivity index (χ0) is 13.2. The smallest absolute Gasteiger partial charge is 0.227 e. The van der Waals surface area contributed by atoms with Crippen LogP contribution in [0.3, 0.4) is 0 Å². The predicted octanol–water partition coefficient (Wildman–Crippen LogP) is 2.53. The third-order valence-electron chi connectivity index (χ3n) is 4.47. The van der Waals surface area contributed by atoms with Crippen LogP contribution in [-0.2, 0) is 4.79 Å². The van der Waals surface area contributed by atoms with Crippen LogP contribution in [-0.4, -0.2) is 25.5 Å². The first-order chi connectivity index (χ1) is 9.25. The molecule has 2 atom stereocenters. The Morgan fingerprint density at radius 2 is 2.21 bits per heavy atom. The molecule has 0 radical (unpaired) electrons. The van der Waals surface area contributed by atoms with Gasteiger partial charge in [0.05, 0.1) is 0 Å². The molecule has 0 aliphatic carbocycles. The maximum Gasteiger partial charge on any atom is 0.227 e. The molecule has 19 heavy (non-hydrogen) atoms. The van der Waals surface area contributed by atoms with E-state index in [2.05, 4.69) is 30.4 Å². The van der Waals surface area contributed by atoms with Crippen molar-refractivity contribution in [1.29, 1.82) is 0 Å². The van der Waals surface area contributed by atoms with Crippen molar-refractivity contribution in [1.82, 2.24) is 5.32 Å². The van der Waals surface area contributed by atoms with Gasteiger partial charge in [-0.2, -0.15) is 0 Å². The van der Waals surface area contributed by atoms with Crippen LogP contribution in [0.25, 0.3) is 0 Å². The van der Waals surface area contributed by atoms with Crippen molar-refractivity contribution in [3.05, 3.63) is 29.8 Å². The fraction of sp³-hybridized carbons (Fsp3) is 0.562. The quantitative estimate of drug-likeness (QED) is 0.884. The maximum atomic E-state index is 12.5. The summed E-state index contributed by atoms with van der Waals surface area (Å²) in [5.74, 6) is 1.39. The van der Waals surface area contributed by atoms with E-state index in [1.165, 1.54) is 5.56 Å². The molecular weight excluding hydrogens is 236 g/mol. The van der Waals surface area contributed by atoms with E-state index < -0.39 is 0 Å². The summed E-state index contributed by atoms with van der Waals surface area (Å²) in [5, 5.41) is 3.34. The normalized spacial score (nSPS) is 26.3. The van der Waals surface area contributed by atoms with Crippen molar-refractivity contribution in [2.75, 3.05) is 24.5 Å². The Kier molecular flexibility index (Phi) is 3.56. The number of anilines is 1. The second-order valence-corrected chi connectivity index (χ2v) is 5.86. The van der Waals surface area contributed by atoms with E-state index in [1.54, 1.807) is 0 Å². The lowest BCUT2D eigenvalue weighted by atomic mass is 9.91. The lowest BCUT2D eigenvalue weighted by molar-refractivity contribution is -0.119. The summed E-state index contributed by atoms with van der Waals surface area (Å²) in [7, 11) is 0. The van der Waals surface area contributed by atoms with E-state index in [0.29, 0.717) is 24.2 Å². The van der Waals surface area contributed by atoms with Crippen molar-refractivity contribution in [2.24, 2.45) is 5.92 Å². The number of carbonyl (C=O) groups excluding carboxylic acids is 1. The minimum atomic E-state index is 0.299. The average molecular weight is 258 g/mol. The third-order valence-corrected chi connectivity index (χ3v) is 4.47. The second kappa shape index (κ2) is 5.33. The van der Waals surface area contributed by atoms with Crippen molar-refractivity contribution >= 4 is 11.6 Å². The van der Waals surface area contributed by atoms with Gasteiger partial charge in [-0.1, -0.05) is 25.1 Å². The first-order valence-electron chi connectivity index (χ1n) is 7.35. The minimum absolute atomic E-state index is 0.299. The van der Waals surface area contributed by atoms with Crippen LogP contribution < -0.4 is 10.2 Å². The number of para-hydroxylation sites is 1. The zero-order valence-electron chi connectivity index (χ0n) is 11.6. The Balaban J connectivity index is 1.77. The number of hydrogen-bond acceptors (Lipinski definition) is 2. The second-order valence-electron chi connectivity index (χ2n) is 5.86. The number of carbonyl (C=O) groups is 1. The molecule has 3 heteroatoms. The minimum Gasteiger partial charge on any atom is -0.316 e. The molecule has 0 aromatic heterocycles. The molecule has 2 heterocycles. The molecule has 1 fully saturated rings. The number of rotatable bonds is 2. The number of nitrogens with zero attached hydrogens (tertiary/aromatic N) is 1. The molecule has 2 aliphatic heterocycles. The SMILES string of the molecule is CC1CCN(C(=O)CC2CCNC2)c2ccccc21. The number of amides is 1. The summed E-state index contributed by atoms with van der Waals surface area (Å²) in [5.41, 5.74) is 2.46. The summed E-state index contributed by atoms with van der Waals surface area (Å²) >= 11 is 0. The highest BCUT2D eigenvalue weighted by atomic mass is 16.2. The molecule has 1 aromatic rings. The van der Waals surface area contributed by atoms with Gasteiger partial charge in [0.1, 0.15) is 0 Å². The number of benzene rings is 1. The maximum absolute atomic E-state index is 12.5. The lowest BCUT2D eigenvalue weighted by Gasteiger charge is -2.33. The van der Waals surface area contributed by atoms with Gasteiger partial charge in [0.15, 0.2) is 0 Å².